The molecule has 1 fully saturated rings. The topological polar surface area (TPSA) is 69.7 Å². The molecule has 23 heavy (non-hydrogen) atoms. The summed E-state index contributed by atoms with van der Waals surface area (Å²) in [6.45, 7) is 0.583. The van der Waals surface area contributed by atoms with E-state index in [1.165, 1.54) is 17.5 Å². The molecule has 4 amide bonds. The highest BCUT2D eigenvalue weighted by atomic mass is 16.2. The lowest BCUT2D eigenvalue weighted by atomic mass is 10.1. The van der Waals surface area contributed by atoms with Gasteiger partial charge in [-0.3, -0.25) is 14.5 Å². The first-order valence-corrected chi connectivity index (χ1v) is 7.85. The van der Waals surface area contributed by atoms with Crippen molar-refractivity contribution >= 4 is 17.8 Å². The van der Waals surface area contributed by atoms with E-state index in [2.05, 4.69) is 17.4 Å². The summed E-state index contributed by atoms with van der Waals surface area (Å²) in [7, 11) is 2.98. The van der Waals surface area contributed by atoms with Gasteiger partial charge in [-0.05, 0) is 24.8 Å². The Bertz CT molecular complexity index is 574. The Kier molecular flexibility index (Phi) is 5.73. The average Bonchev–Trinajstić information content (AvgIpc) is 2.73. The van der Waals surface area contributed by atoms with E-state index < -0.39 is 6.04 Å². The SMILES string of the molecule is CN1C(=O)C(CC(=O)NCCCCc2ccccc2)N(C)C1=O. The second kappa shape index (κ2) is 7.76. The van der Waals surface area contributed by atoms with Crippen LogP contribution in [0.3, 0.4) is 0 Å². The Morgan fingerprint density at radius 3 is 2.43 bits per heavy atom. The molecule has 6 heteroatoms. The second-order valence-corrected chi connectivity index (χ2v) is 5.80. The van der Waals surface area contributed by atoms with Gasteiger partial charge < -0.3 is 10.2 Å². The second-order valence-electron chi connectivity index (χ2n) is 5.80. The van der Waals surface area contributed by atoms with Crippen LogP contribution in [0.15, 0.2) is 30.3 Å². The maximum absolute atomic E-state index is 11.9. The predicted octanol–water partition coefficient (Wildman–Crippen LogP) is 1.41. The zero-order valence-electron chi connectivity index (χ0n) is 13.6. The number of rotatable bonds is 7. The molecule has 1 aliphatic rings. The summed E-state index contributed by atoms with van der Waals surface area (Å²) in [4.78, 5) is 37.8. The molecule has 1 aliphatic heterocycles. The van der Waals surface area contributed by atoms with Crippen LogP contribution in [0.2, 0.25) is 0 Å². The van der Waals surface area contributed by atoms with Crippen molar-refractivity contribution in [3.8, 4) is 0 Å². The minimum atomic E-state index is -0.684. The Hall–Kier alpha value is -2.37. The van der Waals surface area contributed by atoms with Gasteiger partial charge in [0, 0.05) is 20.6 Å². The van der Waals surface area contributed by atoms with Crippen LogP contribution in [0.1, 0.15) is 24.8 Å². The maximum atomic E-state index is 11.9. The van der Waals surface area contributed by atoms with E-state index >= 15 is 0 Å². The van der Waals surface area contributed by atoms with Gasteiger partial charge in [0.25, 0.3) is 5.91 Å². The van der Waals surface area contributed by atoms with Crippen LogP contribution < -0.4 is 5.32 Å². The first-order valence-electron chi connectivity index (χ1n) is 7.85. The van der Waals surface area contributed by atoms with E-state index in [0.717, 1.165) is 24.2 Å². The number of hydrogen-bond donors (Lipinski definition) is 1. The molecule has 1 saturated heterocycles. The number of aryl methyl sites for hydroxylation is 1. The first kappa shape index (κ1) is 17.0. The monoisotopic (exact) mass is 317 g/mol. The molecule has 0 aliphatic carbocycles. The van der Waals surface area contributed by atoms with Gasteiger partial charge in [-0.25, -0.2) is 4.79 Å². The molecule has 1 atom stereocenters. The smallest absolute Gasteiger partial charge is 0.326 e. The summed E-state index contributed by atoms with van der Waals surface area (Å²) in [6.07, 6.45) is 2.88. The van der Waals surface area contributed by atoms with Crippen LogP contribution >= 0.6 is 0 Å². The van der Waals surface area contributed by atoms with Crippen molar-refractivity contribution in [2.75, 3.05) is 20.6 Å². The first-order chi connectivity index (χ1) is 11.0. The molecule has 0 radical (unpaired) electrons. The normalized spacial score (nSPS) is 17.7. The summed E-state index contributed by atoms with van der Waals surface area (Å²) < 4.78 is 0. The Balaban J connectivity index is 1.66. The quantitative estimate of drug-likeness (QED) is 0.610. The van der Waals surface area contributed by atoms with Crippen molar-refractivity contribution in [3.63, 3.8) is 0 Å². The molecular weight excluding hydrogens is 294 g/mol. The number of amides is 4. The lowest BCUT2D eigenvalue weighted by Crippen LogP contribution is -2.37. The zero-order valence-corrected chi connectivity index (χ0v) is 13.6. The number of carbonyl (C=O) groups excluding carboxylic acids is 3. The van der Waals surface area contributed by atoms with Crippen LogP contribution in [0, 0.1) is 0 Å². The molecule has 1 aromatic carbocycles. The Labute approximate surface area is 136 Å². The van der Waals surface area contributed by atoms with E-state index in [1.807, 2.05) is 18.2 Å². The minimum absolute atomic E-state index is 0.0180. The third kappa shape index (κ3) is 4.31. The van der Waals surface area contributed by atoms with E-state index in [-0.39, 0.29) is 24.3 Å². The summed E-state index contributed by atoms with van der Waals surface area (Å²) in [5.41, 5.74) is 1.29. The molecule has 2 rings (SSSR count). The van der Waals surface area contributed by atoms with Crippen molar-refractivity contribution in [2.24, 2.45) is 0 Å². The Morgan fingerprint density at radius 1 is 1.13 bits per heavy atom. The lowest BCUT2D eigenvalue weighted by Gasteiger charge is -2.15. The third-order valence-corrected chi connectivity index (χ3v) is 4.11. The standard InChI is InChI=1S/C17H23N3O3/c1-19-14(16(22)20(2)17(19)23)12-15(21)18-11-7-6-10-13-8-4-3-5-9-13/h3-5,8-9,14H,6-7,10-12H2,1-2H3,(H,18,21). The molecule has 124 valence electrons. The number of likely N-dealkylation sites (N-methyl/N-ethyl adjacent to an activating group) is 2. The molecule has 6 nitrogen and oxygen atoms in total. The van der Waals surface area contributed by atoms with Crippen LogP contribution in [0.25, 0.3) is 0 Å². The minimum Gasteiger partial charge on any atom is -0.356 e. The van der Waals surface area contributed by atoms with Gasteiger partial charge in [-0.15, -0.1) is 0 Å². The average molecular weight is 317 g/mol. The summed E-state index contributed by atoms with van der Waals surface area (Å²) in [5, 5.41) is 2.82. The van der Waals surface area contributed by atoms with Gasteiger partial charge in [-0.1, -0.05) is 30.3 Å². The number of urea groups is 1. The Morgan fingerprint density at radius 2 is 1.83 bits per heavy atom. The highest BCUT2D eigenvalue weighted by Crippen LogP contribution is 2.16. The summed E-state index contributed by atoms with van der Waals surface area (Å²) in [6, 6.07) is 9.16. The summed E-state index contributed by atoms with van der Waals surface area (Å²) >= 11 is 0. The molecule has 0 aromatic heterocycles. The van der Waals surface area contributed by atoms with Gasteiger partial charge in [0.2, 0.25) is 5.91 Å². The number of unbranched alkanes of at least 4 members (excludes halogenated alkanes) is 1. The molecule has 1 unspecified atom stereocenters. The highest BCUT2D eigenvalue weighted by molar-refractivity contribution is 6.05. The van der Waals surface area contributed by atoms with Gasteiger partial charge in [0.1, 0.15) is 6.04 Å². The number of imide groups is 1. The van der Waals surface area contributed by atoms with E-state index in [4.69, 9.17) is 0 Å². The van der Waals surface area contributed by atoms with Gasteiger partial charge >= 0.3 is 6.03 Å². The molecule has 0 bridgehead atoms. The van der Waals surface area contributed by atoms with Crippen molar-refractivity contribution in [2.45, 2.75) is 31.7 Å². The van der Waals surface area contributed by atoms with Crippen molar-refractivity contribution in [3.05, 3.63) is 35.9 Å². The van der Waals surface area contributed by atoms with Crippen molar-refractivity contribution in [1.29, 1.82) is 0 Å². The number of carbonyl (C=O) groups is 3. The number of nitrogens with zero attached hydrogens (tertiary/aromatic N) is 2. The highest BCUT2D eigenvalue weighted by Gasteiger charge is 2.41. The summed E-state index contributed by atoms with van der Waals surface area (Å²) in [5.74, 6) is -0.519. The third-order valence-electron chi connectivity index (χ3n) is 4.11. The maximum Gasteiger partial charge on any atom is 0.326 e. The van der Waals surface area contributed by atoms with E-state index in [0.29, 0.717) is 6.54 Å². The molecule has 1 aromatic rings. The fourth-order valence-electron chi connectivity index (χ4n) is 2.65. The largest absolute Gasteiger partial charge is 0.356 e. The number of nitrogens with one attached hydrogen (secondary N) is 1. The molecular formula is C17H23N3O3. The van der Waals surface area contributed by atoms with Crippen LogP contribution in [-0.4, -0.2) is 54.3 Å². The van der Waals surface area contributed by atoms with Gasteiger partial charge in [0.05, 0.1) is 6.42 Å². The van der Waals surface area contributed by atoms with E-state index in [1.54, 1.807) is 7.05 Å². The molecule has 1 heterocycles. The van der Waals surface area contributed by atoms with Gasteiger partial charge in [0.15, 0.2) is 0 Å². The molecule has 0 saturated carbocycles. The molecule has 0 spiro atoms. The van der Waals surface area contributed by atoms with Crippen molar-refractivity contribution in [1.82, 2.24) is 15.1 Å². The van der Waals surface area contributed by atoms with Crippen LogP contribution in [-0.2, 0) is 16.0 Å². The van der Waals surface area contributed by atoms with Crippen LogP contribution in [0.4, 0.5) is 4.79 Å². The number of benzene rings is 1. The van der Waals surface area contributed by atoms with Crippen LogP contribution in [0.5, 0.6) is 0 Å². The van der Waals surface area contributed by atoms with E-state index in [9.17, 15) is 14.4 Å². The zero-order chi connectivity index (χ0) is 16.8. The predicted molar refractivity (Wildman–Crippen MR) is 86.7 cm³/mol. The molecule has 1 N–H and O–H groups in total. The fraction of sp³-hybridized carbons (Fsp3) is 0.471. The lowest BCUT2D eigenvalue weighted by molar-refractivity contribution is -0.131. The fourth-order valence-corrected chi connectivity index (χ4v) is 2.65. The van der Waals surface area contributed by atoms with Crippen molar-refractivity contribution < 1.29 is 14.4 Å². The number of hydrogen-bond acceptors (Lipinski definition) is 3. The van der Waals surface area contributed by atoms with Gasteiger partial charge in [-0.2, -0.15) is 0 Å².